The average molecular weight is 638 g/mol. The summed E-state index contributed by atoms with van der Waals surface area (Å²) in [6, 6.07) is 19.1. The van der Waals surface area contributed by atoms with Crippen molar-refractivity contribution in [1.29, 1.82) is 0 Å². The number of carbonyl (C=O) groups is 4. The number of nitrogens with two attached hydrogens (primary N) is 1. The zero-order valence-corrected chi connectivity index (χ0v) is 24.2. The molecule has 6 N–H and O–H groups in total. The van der Waals surface area contributed by atoms with Gasteiger partial charge in [-0.15, -0.1) is 0 Å². The molecule has 0 saturated heterocycles. The highest BCUT2D eigenvalue weighted by atomic mass is 19.4. The van der Waals surface area contributed by atoms with Crippen molar-refractivity contribution in [1.82, 2.24) is 16.0 Å². The molecule has 4 amide bonds. The molecule has 14 heteroatoms. The maximum absolute atomic E-state index is 13.4. The first-order valence-corrected chi connectivity index (χ1v) is 14.0. The highest BCUT2D eigenvalue weighted by Gasteiger charge is 2.34. The second-order valence-corrected chi connectivity index (χ2v) is 10.2. The van der Waals surface area contributed by atoms with Crippen LogP contribution in [0.4, 0.5) is 18.9 Å². The van der Waals surface area contributed by atoms with Gasteiger partial charge in [0.1, 0.15) is 17.7 Å². The van der Waals surface area contributed by atoms with E-state index < -0.39 is 65.2 Å². The van der Waals surface area contributed by atoms with E-state index in [2.05, 4.69) is 21.3 Å². The number of carbonyl (C=O) groups excluding carboxylic acids is 4. The molecule has 0 aliphatic rings. The normalized spacial score (nSPS) is 12.5. The summed E-state index contributed by atoms with van der Waals surface area (Å²) in [4.78, 5) is 62.9. The Balaban J connectivity index is 1.47. The molecule has 0 radical (unpaired) electrons. The molecule has 0 aliphatic heterocycles. The summed E-state index contributed by atoms with van der Waals surface area (Å²) in [5.74, 6) is -2.68. The van der Waals surface area contributed by atoms with Gasteiger partial charge >= 0.3 is 11.8 Å². The minimum atomic E-state index is -4.81. The van der Waals surface area contributed by atoms with Crippen molar-refractivity contribution in [3.63, 3.8) is 0 Å². The van der Waals surface area contributed by atoms with Gasteiger partial charge in [0.15, 0.2) is 0 Å². The van der Waals surface area contributed by atoms with E-state index in [1.807, 2.05) is 0 Å². The topological polar surface area (TPSA) is 173 Å². The lowest BCUT2D eigenvalue weighted by molar-refractivity contribution is -0.136. The number of nitrogens with one attached hydrogen (secondary N) is 4. The fourth-order valence-corrected chi connectivity index (χ4v) is 4.61. The smallest absolute Gasteiger partial charge is 0.417 e. The van der Waals surface area contributed by atoms with Crippen LogP contribution in [-0.2, 0) is 38.2 Å². The van der Waals surface area contributed by atoms with Gasteiger partial charge in [-0.25, -0.2) is 4.79 Å². The highest BCUT2D eigenvalue weighted by Crippen LogP contribution is 2.34. The van der Waals surface area contributed by atoms with Crippen molar-refractivity contribution in [2.24, 2.45) is 5.73 Å². The minimum Gasteiger partial charge on any atom is -0.423 e. The Morgan fingerprint density at radius 1 is 0.761 bits per heavy atom. The van der Waals surface area contributed by atoms with Crippen molar-refractivity contribution < 1.29 is 36.8 Å². The number of hydrogen-bond donors (Lipinski definition) is 5. The molecule has 4 rings (SSSR count). The zero-order chi connectivity index (χ0) is 33.3. The first-order chi connectivity index (χ1) is 21.9. The molecule has 1 heterocycles. The second-order valence-electron chi connectivity index (χ2n) is 10.2. The van der Waals surface area contributed by atoms with E-state index in [0.29, 0.717) is 11.6 Å². The number of anilines is 1. The fourth-order valence-electron chi connectivity index (χ4n) is 4.61. The number of hydrogen-bond acceptors (Lipinski definition) is 7. The van der Waals surface area contributed by atoms with E-state index in [4.69, 9.17) is 10.2 Å². The number of rotatable bonds is 12. The molecule has 0 spiro atoms. The summed E-state index contributed by atoms with van der Waals surface area (Å²) < 4.78 is 45.2. The molecule has 2 unspecified atom stereocenters. The third-order valence-electron chi connectivity index (χ3n) is 6.79. The predicted octanol–water partition coefficient (Wildman–Crippen LogP) is 2.28. The third kappa shape index (κ3) is 9.25. The van der Waals surface area contributed by atoms with E-state index in [1.54, 1.807) is 60.7 Å². The van der Waals surface area contributed by atoms with Crippen LogP contribution in [0.25, 0.3) is 11.0 Å². The van der Waals surface area contributed by atoms with Crippen LogP contribution in [0.1, 0.15) is 16.7 Å². The maximum Gasteiger partial charge on any atom is 0.417 e. The second kappa shape index (κ2) is 15.0. The summed E-state index contributed by atoms with van der Waals surface area (Å²) in [5.41, 5.74) is 4.05. The number of amides is 4. The molecule has 11 nitrogen and oxygen atoms in total. The van der Waals surface area contributed by atoms with Crippen LogP contribution in [0.3, 0.4) is 0 Å². The van der Waals surface area contributed by atoms with Crippen LogP contribution in [0.5, 0.6) is 0 Å². The SMILES string of the molecule is NCC(=O)NC(Cc1ccccc1)C(=O)NCC(=O)NC(Cc1ccccc1)C(=O)Nc1ccc2c(C(F)(F)F)cc(=O)oc2c1. The van der Waals surface area contributed by atoms with Gasteiger partial charge in [-0.05, 0) is 23.3 Å². The van der Waals surface area contributed by atoms with Gasteiger partial charge in [0, 0.05) is 36.0 Å². The molecule has 0 aliphatic carbocycles. The monoisotopic (exact) mass is 637 g/mol. The number of alkyl halides is 3. The van der Waals surface area contributed by atoms with Gasteiger partial charge in [-0.1, -0.05) is 60.7 Å². The van der Waals surface area contributed by atoms with E-state index in [-0.39, 0.29) is 30.5 Å². The van der Waals surface area contributed by atoms with E-state index >= 15 is 0 Å². The first kappa shape index (κ1) is 33.4. The molecule has 0 saturated carbocycles. The quantitative estimate of drug-likeness (QED) is 0.148. The van der Waals surface area contributed by atoms with Crippen molar-refractivity contribution in [2.45, 2.75) is 31.1 Å². The first-order valence-electron chi connectivity index (χ1n) is 14.0. The molecule has 2 atom stereocenters. The summed E-state index contributed by atoms with van der Waals surface area (Å²) in [6.07, 6.45) is -4.65. The third-order valence-corrected chi connectivity index (χ3v) is 6.79. The van der Waals surface area contributed by atoms with Crippen molar-refractivity contribution >= 4 is 40.3 Å². The molecule has 3 aromatic carbocycles. The van der Waals surface area contributed by atoms with Crippen LogP contribution in [0.15, 0.2) is 94.1 Å². The molecule has 46 heavy (non-hydrogen) atoms. The van der Waals surface area contributed by atoms with Gasteiger partial charge in [0.2, 0.25) is 23.6 Å². The molecule has 240 valence electrons. The predicted molar refractivity (Wildman–Crippen MR) is 162 cm³/mol. The molecule has 4 aromatic rings. The molecular formula is C32H30F3N5O6. The van der Waals surface area contributed by atoms with E-state index in [0.717, 1.165) is 17.7 Å². The van der Waals surface area contributed by atoms with Gasteiger partial charge < -0.3 is 31.4 Å². The Bertz CT molecular complexity index is 1760. The fraction of sp³-hybridized carbons (Fsp3) is 0.219. The van der Waals surface area contributed by atoms with Gasteiger partial charge in [-0.3, -0.25) is 19.2 Å². The van der Waals surface area contributed by atoms with Crippen LogP contribution in [-0.4, -0.2) is 48.8 Å². The van der Waals surface area contributed by atoms with Crippen LogP contribution in [0.2, 0.25) is 0 Å². The molecular weight excluding hydrogens is 607 g/mol. The summed E-state index contributed by atoms with van der Waals surface area (Å²) in [6.45, 7) is -0.884. The Labute approximate surface area is 260 Å². The number of benzene rings is 3. The lowest BCUT2D eigenvalue weighted by atomic mass is 10.0. The van der Waals surface area contributed by atoms with Crippen LogP contribution in [0, 0.1) is 0 Å². The molecule has 0 bridgehead atoms. The van der Waals surface area contributed by atoms with Crippen molar-refractivity contribution in [2.75, 3.05) is 18.4 Å². The Hall–Kier alpha value is -5.50. The number of halogens is 3. The highest BCUT2D eigenvalue weighted by molar-refractivity contribution is 5.99. The van der Waals surface area contributed by atoms with Gasteiger partial charge in [0.05, 0.1) is 18.7 Å². The van der Waals surface area contributed by atoms with E-state index in [1.165, 1.54) is 6.07 Å². The van der Waals surface area contributed by atoms with Gasteiger partial charge in [0.25, 0.3) is 0 Å². The van der Waals surface area contributed by atoms with Crippen LogP contribution >= 0.6 is 0 Å². The summed E-state index contributed by atoms with van der Waals surface area (Å²) in [5, 5.41) is 9.71. The Kier molecular flexibility index (Phi) is 10.9. The minimum absolute atomic E-state index is 0.0139. The number of fused-ring (bicyclic) bond motifs is 1. The molecule has 0 fully saturated rings. The Morgan fingerprint density at radius 2 is 1.33 bits per heavy atom. The Morgan fingerprint density at radius 3 is 1.89 bits per heavy atom. The van der Waals surface area contributed by atoms with Crippen molar-refractivity contribution in [3.8, 4) is 0 Å². The average Bonchev–Trinajstić information content (AvgIpc) is 3.02. The zero-order valence-electron chi connectivity index (χ0n) is 24.2. The van der Waals surface area contributed by atoms with Crippen molar-refractivity contribution in [3.05, 3.63) is 112 Å². The van der Waals surface area contributed by atoms with E-state index in [9.17, 15) is 37.1 Å². The maximum atomic E-state index is 13.4. The van der Waals surface area contributed by atoms with Gasteiger partial charge in [-0.2, -0.15) is 13.2 Å². The summed E-state index contributed by atoms with van der Waals surface area (Å²) in [7, 11) is 0. The lowest BCUT2D eigenvalue weighted by Crippen LogP contribution is -2.53. The summed E-state index contributed by atoms with van der Waals surface area (Å²) >= 11 is 0. The lowest BCUT2D eigenvalue weighted by Gasteiger charge is -2.21. The standard InChI is InChI=1S/C32H30F3N5O6/c33-32(34,35)23-16-29(43)46-26-15-21(11-12-22(23)26)38-31(45)25(14-20-9-5-2-6-10-20)40-28(42)18-37-30(44)24(39-27(41)17-36)13-19-7-3-1-4-8-19/h1-12,15-16,24-25H,13-14,17-18,36H2,(H,37,44)(H,38,45)(H,39,41)(H,40,42). The molecule has 1 aromatic heterocycles. The largest absolute Gasteiger partial charge is 0.423 e. The van der Waals surface area contributed by atoms with Crippen LogP contribution < -0.4 is 32.6 Å².